The van der Waals surface area contributed by atoms with Crippen LogP contribution in [0.15, 0.2) is 45.7 Å². The number of hydrogen-bond acceptors (Lipinski definition) is 6. The number of carbonyl (C=O) groups is 3. The molecule has 2 aromatic rings. The van der Waals surface area contributed by atoms with E-state index in [1.165, 1.54) is 11.3 Å². The Balaban J connectivity index is 1.61. The maximum atomic E-state index is 12.2. The molecule has 148 valence electrons. The summed E-state index contributed by atoms with van der Waals surface area (Å²) in [5.74, 6) is -1.99. The van der Waals surface area contributed by atoms with Crippen molar-refractivity contribution in [3.63, 3.8) is 0 Å². The minimum absolute atomic E-state index is 0.0000149. The lowest BCUT2D eigenvalue weighted by Gasteiger charge is -2.14. The SMILES string of the molecule is Cc1cc(C)cc(NC(=O)CSC2=NC(=N)C(=NC(=O)c3cccs3)C(=O)N2)c1. The van der Waals surface area contributed by atoms with E-state index in [9.17, 15) is 14.4 Å². The van der Waals surface area contributed by atoms with Crippen molar-refractivity contribution in [1.29, 1.82) is 5.41 Å². The highest BCUT2D eigenvalue weighted by Crippen LogP contribution is 2.15. The number of nitrogens with zero attached hydrogens (tertiary/aromatic N) is 2. The van der Waals surface area contributed by atoms with E-state index >= 15 is 0 Å². The second kappa shape index (κ2) is 8.93. The van der Waals surface area contributed by atoms with Gasteiger partial charge in [0.1, 0.15) is 0 Å². The van der Waals surface area contributed by atoms with Crippen molar-refractivity contribution < 1.29 is 14.4 Å². The zero-order valence-corrected chi connectivity index (χ0v) is 17.2. The Hall–Kier alpha value is -3.11. The van der Waals surface area contributed by atoms with Crippen molar-refractivity contribution in [2.45, 2.75) is 13.8 Å². The highest BCUT2D eigenvalue weighted by Gasteiger charge is 2.26. The van der Waals surface area contributed by atoms with Crippen molar-refractivity contribution in [1.82, 2.24) is 5.32 Å². The van der Waals surface area contributed by atoms with Crippen LogP contribution in [0.5, 0.6) is 0 Å². The van der Waals surface area contributed by atoms with Crippen LogP contribution in [0.2, 0.25) is 0 Å². The molecule has 1 aliphatic heterocycles. The average Bonchev–Trinajstić information content (AvgIpc) is 3.17. The van der Waals surface area contributed by atoms with Gasteiger partial charge in [0.15, 0.2) is 16.7 Å². The molecular weight excluding hydrogens is 410 g/mol. The van der Waals surface area contributed by atoms with Gasteiger partial charge >= 0.3 is 0 Å². The summed E-state index contributed by atoms with van der Waals surface area (Å²) in [6.45, 7) is 3.88. The van der Waals surface area contributed by atoms with Crippen molar-refractivity contribution >= 4 is 63.2 Å². The first-order chi connectivity index (χ1) is 13.8. The first-order valence-corrected chi connectivity index (χ1v) is 10.3. The third-order valence-corrected chi connectivity index (χ3v) is 5.40. The smallest absolute Gasteiger partial charge is 0.287 e. The van der Waals surface area contributed by atoms with E-state index in [-0.39, 0.29) is 22.5 Å². The van der Waals surface area contributed by atoms with Crippen LogP contribution in [0.4, 0.5) is 5.69 Å². The average molecular weight is 428 g/mol. The molecule has 3 amide bonds. The minimum atomic E-state index is -0.702. The van der Waals surface area contributed by atoms with Crippen LogP contribution >= 0.6 is 23.1 Å². The maximum Gasteiger partial charge on any atom is 0.287 e. The van der Waals surface area contributed by atoms with Gasteiger partial charge in [-0.25, -0.2) is 4.99 Å². The third-order valence-electron chi connectivity index (χ3n) is 3.66. The summed E-state index contributed by atoms with van der Waals surface area (Å²) in [6.07, 6.45) is 0. The number of thiophene rings is 1. The normalized spacial score (nSPS) is 15.1. The number of anilines is 1. The Morgan fingerprint density at radius 1 is 1.28 bits per heavy atom. The van der Waals surface area contributed by atoms with Crippen LogP contribution in [0.1, 0.15) is 20.8 Å². The van der Waals surface area contributed by atoms with Gasteiger partial charge in [0.05, 0.1) is 10.6 Å². The lowest BCUT2D eigenvalue weighted by molar-refractivity contribution is -0.114. The number of amidine groups is 2. The Morgan fingerprint density at radius 3 is 2.62 bits per heavy atom. The van der Waals surface area contributed by atoms with Gasteiger partial charge in [0, 0.05) is 5.69 Å². The topological polar surface area (TPSA) is 124 Å². The van der Waals surface area contributed by atoms with Gasteiger partial charge in [-0.1, -0.05) is 23.9 Å². The largest absolute Gasteiger partial charge is 0.325 e. The summed E-state index contributed by atoms with van der Waals surface area (Å²) < 4.78 is 0. The van der Waals surface area contributed by atoms with Crippen LogP contribution in [-0.4, -0.2) is 40.2 Å². The minimum Gasteiger partial charge on any atom is -0.325 e. The Labute approximate surface area is 175 Å². The Bertz CT molecular complexity index is 1040. The lowest BCUT2D eigenvalue weighted by atomic mass is 10.1. The standard InChI is InChI=1S/C19H17N5O3S2/c1-10-6-11(2)8-12(7-10)21-14(25)9-29-19-23-16(20)15(18(27)24-19)22-17(26)13-4-3-5-28-13/h3-8H,9H2,1-2H3,(H,21,25)(H2,20,23,24,27). The van der Waals surface area contributed by atoms with E-state index in [0.717, 1.165) is 22.9 Å². The highest BCUT2D eigenvalue weighted by molar-refractivity contribution is 8.14. The van der Waals surface area contributed by atoms with Crippen LogP contribution < -0.4 is 10.6 Å². The molecule has 3 rings (SSSR count). The van der Waals surface area contributed by atoms with E-state index in [1.807, 2.05) is 32.0 Å². The molecule has 1 aromatic heterocycles. The third kappa shape index (κ3) is 5.46. The summed E-state index contributed by atoms with van der Waals surface area (Å²) in [5.41, 5.74) is 2.41. The summed E-state index contributed by atoms with van der Waals surface area (Å²) >= 11 is 2.18. The van der Waals surface area contributed by atoms with E-state index < -0.39 is 17.6 Å². The molecule has 2 heterocycles. The molecule has 1 aromatic carbocycles. The van der Waals surface area contributed by atoms with Gasteiger partial charge in [-0.3, -0.25) is 25.1 Å². The fourth-order valence-corrected chi connectivity index (χ4v) is 3.82. The number of aliphatic imine (C=N–C) groups is 2. The van der Waals surface area contributed by atoms with Crippen LogP contribution in [0.25, 0.3) is 0 Å². The van der Waals surface area contributed by atoms with E-state index in [0.29, 0.717) is 10.6 Å². The van der Waals surface area contributed by atoms with Gasteiger partial charge < -0.3 is 5.32 Å². The predicted octanol–water partition coefficient (Wildman–Crippen LogP) is 2.78. The Morgan fingerprint density at radius 2 is 2.00 bits per heavy atom. The molecule has 0 radical (unpaired) electrons. The molecule has 0 saturated carbocycles. The van der Waals surface area contributed by atoms with E-state index in [4.69, 9.17) is 5.41 Å². The predicted molar refractivity (Wildman–Crippen MR) is 116 cm³/mol. The summed E-state index contributed by atoms with van der Waals surface area (Å²) in [5, 5.41) is 15.0. The van der Waals surface area contributed by atoms with Crippen LogP contribution in [0, 0.1) is 19.3 Å². The summed E-state index contributed by atoms with van der Waals surface area (Å²) in [6, 6.07) is 9.00. The van der Waals surface area contributed by atoms with Crippen molar-refractivity contribution in [3.8, 4) is 0 Å². The second-order valence-electron chi connectivity index (χ2n) is 6.18. The van der Waals surface area contributed by atoms with Gasteiger partial charge in [-0.15, -0.1) is 11.3 Å². The molecule has 8 nitrogen and oxygen atoms in total. The Kier molecular flexibility index (Phi) is 6.35. The fraction of sp³-hybridized carbons (Fsp3) is 0.158. The number of rotatable bonds is 4. The summed E-state index contributed by atoms with van der Waals surface area (Å²) in [7, 11) is 0. The molecule has 0 aliphatic carbocycles. The molecule has 29 heavy (non-hydrogen) atoms. The lowest BCUT2D eigenvalue weighted by Crippen LogP contribution is -2.43. The molecule has 0 atom stereocenters. The van der Waals surface area contributed by atoms with E-state index in [1.54, 1.807) is 17.5 Å². The van der Waals surface area contributed by atoms with Crippen LogP contribution in [-0.2, 0) is 9.59 Å². The molecule has 0 fully saturated rings. The van der Waals surface area contributed by atoms with Crippen molar-refractivity contribution in [3.05, 3.63) is 51.7 Å². The van der Waals surface area contributed by atoms with Crippen molar-refractivity contribution in [2.24, 2.45) is 9.98 Å². The molecular formula is C19H17N5O3S2. The summed E-state index contributed by atoms with van der Waals surface area (Å²) in [4.78, 5) is 44.4. The highest BCUT2D eigenvalue weighted by atomic mass is 32.2. The monoisotopic (exact) mass is 427 g/mol. The molecule has 0 saturated heterocycles. The number of thioether (sulfide) groups is 1. The quantitative estimate of drug-likeness (QED) is 0.694. The molecule has 0 spiro atoms. The number of benzene rings is 1. The maximum absolute atomic E-state index is 12.2. The fourth-order valence-electron chi connectivity index (χ4n) is 2.55. The number of carbonyl (C=O) groups excluding carboxylic acids is 3. The van der Waals surface area contributed by atoms with Gasteiger partial charge in [0.25, 0.3) is 11.8 Å². The molecule has 0 bridgehead atoms. The second-order valence-corrected chi connectivity index (χ2v) is 8.09. The van der Waals surface area contributed by atoms with Gasteiger partial charge in [-0.05, 0) is 48.6 Å². The first-order valence-electron chi connectivity index (χ1n) is 8.48. The van der Waals surface area contributed by atoms with Gasteiger partial charge in [-0.2, -0.15) is 4.99 Å². The zero-order valence-electron chi connectivity index (χ0n) is 15.6. The van der Waals surface area contributed by atoms with Gasteiger partial charge in [0.2, 0.25) is 5.91 Å². The van der Waals surface area contributed by atoms with Crippen molar-refractivity contribution in [2.75, 3.05) is 11.1 Å². The van der Waals surface area contributed by atoms with E-state index in [2.05, 4.69) is 20.6 Å². The molecule has 10 heteroatoms. The number of aryl methyl sites for hydroxylation is 2. The molecule has 1 aliphatic rings. The number of nitrogens with one attached hydrogen (secondary N) is 3. The van der Waals surface area contributed by atoms with Crippen LogP contribution in [0.3, 0.4) is 0 Å². The first kappa shape index (κ1) is 20.6. The molecule has 3 N–H and O–H groups in total. The number of amides is 3. The number of hydrogen-bond donors (Lipinski definition) is 3. The molecule has 0 unspecified atom stereocenters. The zero-order chi connectivity index (χ0) is 21.0.